The fourth-order valence-corrected chi connectivity index (χ4v) is 3.30. The lowest BCUT2D eigenvalue weighted by atomic mass is 9.80. The van der Waals surface area contributed by atoms with Crippen molar-refractivity contribution in [3.63, 3.8) is 0 Å². The molecule has 0 aromatic carbocycles. The van der Waals surface area contributed by atoms with Crippen LogP contribution in [0.1, 0.15) is 32.6 Å². The van der Waals surface area contributed by atoms with Gasteiger partial charge >= 0.3 is 0 Å². The van der Waals surface area contributed by atoms with Gasteiger partial charge in [0, 0.05) is 19.7 Å². The highest BCUT2D eigenvalue weighted by Gasteiger charge is 2.28. The first-order valence-electron chi connectivity index (χ1n) is 7.15. The minimum atomic E-state index is 0.523. The number of ether oxygens (including phenoxy) is 1. The maximum Gasteiger partial charge on any atom is 0.0506 e. The molecule has 0 spiro atoms. The van der Waals surface area contributed by atoms with Gasteiger partial charge in [0.15, 0.2) is 0 Å². The Kier molecular flexibility index (Phi) is 4.83. The molecule has 17 heavy (non-hydrogen) atoms. The van der Waals surface area contributed by atoms with Crippen LogP contribution in [-0.2, 0) is 4.74 Å². The second kappa shape index (κ2) is 6.17. The molecular weight excluding hydrogens is 212 g/mol. The standard InChI is InChI=1S/C14H28N2O/c1-14(5-7-15-8-6-14)12-16(2)10-13-4-3-9-17-11-13/h13,15H,3-12H2,1-2H3. The fraction of sp³-hybridized carbons (Fsp3) is 1.00. The number of hydrogen-bond acceptors (Lipinski definition) is 3. The van der Waals surface area contributed by atoms with Crippen LogP contribution in [0.5, 0.6) is 0 Å². The van der Waals surface area contributed by atoms with Gasteiger partial charge in [0.1, 0.15) is 0 Å². The number of piperidine rings is 1. The normalized spacial score (nSPS) is 29.5. The van der Waals surface area contributed by atoms with Crippen molar-refractivity contribution in [1.82, 2.24) is 10.2 Å². The van der Waals surface area contributed by atoms with Crippen molar-refractivity contribution in [2.45, 2.75) is 32.6 Å². The van der Waals surface area contributed by atoms with Gasteiger partial charge < -0.3 is 15.0 Å². The number of hydrogen-bond donors (Lipinski definition) is 1. The first-order valence-corrected chi connectivity index (χ1v) is 7.15. The average Bonchev–Trinajstić information content (AvgIpc) is 2.30. The molecule has 2 heterocycles. The lowest BCUT2D eigenvalue weighted by molar-refractivity contribution is 0.0341. The molecule has 0 aromatic heterocycles. The van der Waals surface area contributed by atoms with Gasteiger partial charge in [0.05, 0.1) is 6.61 Å². The molecule has 2 fully saturated rings. The molecule has 2 rings (SSSR count). The van der Waals surface area contributed by atoms with Crippen LogP contribution in [0.2, 0.25) is 0 Å². The Bertz CT molecular complexity index is 220. The number of nitrogens with zero attached hydrogens (tertiary/aromatic N) is 1. The third-order valence-corrected chi connectivity index (χ3v) is 4.29. The van der Waals surface area contributed by atoms with Crippen molar-refractivity contribution in [2.24, 2.45) is 11.3 Å². The summed E-state index contributed by atoms with van der Waals surface area (Å²) in [6, 6.07) is 0. The van der Waals surface area contributed by atoms with Crippen molar-refractivity contribution in [3.05, 3.63) is 0 Å². The highest BCUT2D eigenvalue weighted by molar-refractivity contribution is 4.83. The van der Waals surface area contributed by atoms with Crippen LogP contribution in [0, 0.1) is 11.3 Å². The van der Waals surface area contributed by atoms with Gasteiger partial charge in [0.25, 0.3) is 0 Å². The predicted octanol–water partition coefficient (Wildman–Crippen LogP) is 1.73. The van der Waals surface area contributed by atoms with E-state index in [0.29, 0.717) is 5.41 Å². The summed E-state index contributed by atoms with van der Waals surface area (Å²) in [4.78, 5) is 2.53. The van der Waals surface area contributed by atoms with Gasteiger partial charge in [0.2, 0.25) is 0 Å². The monoisotopic (exact) mass is 240 g/mol. The molecule has 2 aliphatic heterocycles. The molecule has 0 radical (unpaired) electrons. The molecule has 3 heteroatoms. The van der Waals surface area contributed by atoms with Crippen LogP contribution in [0.15, 0.2) is 0 Å². The molecule has 2 aliphatic rings. The molecule has 0 aliphatic carbocycles. The molecule has 0 bridgehead atoms. The lowest BCUT2D eigenvalue weighted by Crippen LogP contribution is -2.43. The van der Waals surface area contributed by atoms with Gasteiger partial charge in [-0.05, 0) is 57.2 Å². The van der Waals surface area contributed by atoms with E-state index in [9.17, 15) is 0 Å². The topological polar surface area (TPSA) is 24.5 Å². The Morgan fingerprint density at radius 1 is 1.35 bits per heavy atom. The minimum Gasteiger partial charge on any atom is -0.381 e. The Hall–Kier alpha value is -0.120. The van der Waals surface area contributed by atoms with E-state index in [0.717, 1.165) is 19.1 Å². The molecule has 100 valence electrons. The smallest absolute Gasteiger partial charge is 0.0506 e. The molecule has 0 saturated carbocycles. The zero-order valence-corrected chi connectivity index (χ0v) is 11.5. The van der Waals surface area contributed by atoms with Crippen molar-refractivity contribution >= 4 is 0 Å². The molecule has 1 unspecified atom stereocenters. The van der Waals surface area contributed by atoms with Crippen LogP contribution < -0.4 is 5.32 Å². The Balaban J connectivity index is 1.73. The van der Waals surface area contributed by atoms with Crippen molar-refractivity contribution in [3.8, 4) is 0 Å². The summed E-state index contributed by atoms with van der Waals surface area (Å²) in [5.41, 5.74) is 0.523. The largest absolute Gasteiger partial charge is 0.381 e. The molecule has 3 nitrogen and oxygen atoms in total. The fourth-order valence-electron chi connectivity index (χ4n) is 3.30. The third kappa shape index (κ3) is 4.23. The quantitative estimate of drug-likeness (QED) is 0.810. The van der Waals surface area contributed by atoms with E-state index in [2.05, 4.69) is 24.2 Å². The first kappa shape index (κ1) is 13.3. The first-order chi connectivity index (χ1) is 8.18. The second-order valence-electron chi connectivity index (χ2n) is 6.34. The summed E-state index contributed by atoms with van der Waals surface area (Å²) in [6.45, 7) is 9.23. The van der Waals surface area contributed by atoms with E-state index in [1.165, 1.54) is 51.9 Å². The van der Waals surface area contributed by atoms with E-state index >= 15 is 0 Å². The van der Waals surface area contributed by atoms with Crippen molar-refractivity contribution in [1.29, 1.82) is 0 Å². The Morgan fingerprint density at radius 3 is 2.76 bits per heavy atom. The molecule has 1 N–H and O–H groups in total. The van der Waals surface area contributed by atoms with E-state index in [1.807, 2.05) is 0 Å². The Morgan fingerprint density at radius 2 is 2.12 bits per heavy atom. The Labute approximate surface area is 106 Å². The van der Waals surface area contributed by atoms with Crippen molar-refractivity contribution < 1.29 is 4.74 Å². The summed E-state index contributed by atoms with van der Waals surface area (Å²) < 4.78 is 5.56. The van der Waals surface area contributed by atoms with E-state index in [4.69, 9.17) is 4.74 Å². The van der Waals surface area contributed by atoms with Crippen LogP contribution in [0.25, 0.3) is 0 Å². The SMILES string of the molecule is CN(CC1CCCOC1)CC1(C)CCNCC1. The molecule has 0 amide bonds. The zero-order chi connectivity index (χ0) is 12.1. The van der Waals surface area contributed by atoms with Crippen molar-refractivity contribution in [2.75, 3.05) is 46.4 Å². The number of nitrogens with one attached hydrogen (secondary N) is 1. The van der Waals surface area contributed by atoms with E-state index in [1.54, 1.807) is 0 Å². The van der Waals surface area contributed by atoms with Crippen LogP contribution >= 0.6 is 0 Å². The highest BCUT2D eigenvalue weighted by atomic mass is 16.5. The summed E-state index contributed by atoms with van der Waals surface area (Å²) >= 11 is 0. The minimum absolute atomic E-state index is 0.523. The van der Waals surface area contributed by atoms with Crippen LogP contribution in [0.4, 0.5) is 0 Å². The summed E-state index contributed by atoms with van der Waals surface area (Å²) in [5.74, 6) is 0.763. The zero-order valence-electron chi connectivity index (χ0n) is 11.5. The third-order valence-electron chi connectivity index (χ3n) is 4.29. The molecule has 0 aromatic rings. The molecular formula is C14H28N2O. The number of rotatable bonds is 4. The predicted molar refractivity (Wildman–Crippen MR) is 71.3 cm³/mol. The van der Waals surface area contributed by atoms with Gasteiger partial charge in [-0.3, -0.25) is 0 Å². The average molecular weight is 240 g/mol. The maximum absolute atomic E-state index is 5.56. The van der Waals surface area contributed by atoms with Gasteiger partial charge in [-0.2, -0.15) is 0 Å². The second-order valence-corrected chi connectivity index (χ2v) is 6.34. The van der Waals surface area contributed by atoms with E-state index in [-0.39, 0.29) is 0 Å². The van der Waals surface area contributed by atoms with Gasteiger partial charge in [-0.25, -0.2) is 0 Å². The molecule has 1 atom stereocenters. The van der Waals surface area contributed by atoms with Gasteiger partial charge in [-0.1, -0.05) is 6.92 Å². The van der Waals surface area contributed by atoms with E-state index < -0.39 is 0 Å². The highest BCUT2D eigenvalue weighted by Crippen LogP contribution is 2.29. The maximum atomic E-state index is 5.56. The van der Waals surface area contributed by atoms with Crippen LogP contribution in [-0.4, -0.2) is 51.3 Å². The molecule has 2 saturated heterocycles. The summed E-state index contributed by atoms with van der Waals surface area (Å²) in [7, 11) is 2.28. The van der Waals surface area contributed by atoms with Crippen LogP contribution in [0.3, 0.4) is 0 Å². The van der Waals surface area contributed by atoms with Gasteiger partial charge in [-0.15, -0.1) is 0 Å². The lowest BCUT2D eigenvalue weighted by Gasteiger charge is -2.38. The summed E-state index contributed by atoms with van der Waals surface area (Å²) in [6.07, 6.45) is 5.24. The summed E-state index contributed by atoms with van der Waals surface area (Å²) in [5, 5.41) is 3.46.